The lowest BCUT2D eigenvalue weighted by Gasteiger charge is -2.52. The van der Waals surface area contributed by atoms with E-state index in [2.05, 4.69) is 13.8 Å². The van der Waals surface area contributed by atoms with Crippen LogP contribution < -0.4 is 0 Å². The lowest BCUT2D eigenvalue weighted by Crippen LogP contribution is -2.57. The molecule has 0 aromatic heterocycles. The molecule has 1 N–H and O–H groups in total. The summed E-state index contributed by atoms with van der Waals surface area (Å²) >= 11 is 0. The van der Waals surface area contributed by atoms with E-state index in [0.29, 0.717) is 32.1 Å². The molecular weight excluding hydrogens is 484 g/mol. The van der Waals surface area contributed by atoms with Crippen molar-refractivity contribution in [1.29, 1.82) is 0 Å². The van der Waals surface area contributed by atoms with Crippen molar-refractivity contribution in [3.8, 4) is 0 Å². The van der Waals surface area contributed by atoms with Gasteiger partial charge >= 0.3 is 11.9 Å². The van der Waals surface area contributed by atoms with E-state index in [4.69, 9.17) is 9.47 Å². The quantitative estimate of drug-likeness (QED) is 0.312. The maximum absolute atomic E-state index is 13.9. The molecule has 0 heterocycles. The maximum Gasteiger partial charge on any atom is 0.308 e. The lowest BCUT2D eigenvalue weighted by atomic mass is 9.53. The summed E-state index contributed by atoms with van der Waals surface area (Å²) < 4.78 is 11.5. The topological polar surface area (TPSA) is 107 Å². The third-order valence-electron chi connectivity index (χ3n) is 9.62. The number of carbonyl (C=O) groups is 4. The fourth-order valence-corrected chi connectivity index (χ4v) is 7.54. The zero-order chi connectivity index (χ0) is 27.7. The van der Waals surface area contributed by atoms with E-state index in [1.807, 2.05) is 19.9 Å². The number of rotatable bonds is 10. The molecule has 5 atom stereocenters. The predicted octanol–water partition coefficient (Wildman–Crippen LogP) is 5.10. The van der Waals surface area contributed by atoms with Crippen LogP contribution in [0.15, 0.2) is 34.9 Å². The largest absolute Gasteiger partial charge is 0.457 e. The fraction of sp³-hybridized carbons (Fsp3) is 0.677. The van der Waals surface area contributed by atoms with Crippen molar-refractivity contribution in [1.82, 2.24) is 0 Å². The van der Waals surface area contributed by atoms with Crippen LogP contribution in [0.1, 0.15) is 98.3 Å². The van der Waals surface area contributed by atoms with E-state index in [1.54, 1.807) is 12.2 Å². The van der Waals surface area contributed by atoms with Gasteiger partial charge in [0.05, 0.1) is 12.5 Å². The molecule has 4 rings (SSSR count). The van der Waals surface area contributed by atoms with Crippen LogP contribution >= 0.6 is 0 Å². The number of aliphatic hydroxyl groups is 1. The smallest absolute Gasteiger partial charge is 0.308 e. The van der Waals surface area contributed by atoms with E-state index < -0.39 is 35.7 Å². The van der Waals surface area contributed by atoms with Crippen LogP contribution in [0, 0.1) is 16.7 Å². The summed E-state index contributed by atoms with van der Waals surface area (Å²) in [5, 5.41) is 9.96. The van der Waals surface area contributed by atoms with Crippen LogP contribution in [-0.2, 0) is 28.7 Å². The summed E-state index contributed by atoms with van der Waals surface area (Å²) in [5.74, 6) is -1.30. The van der Waals surface area contributed by atoms with Gasteiger partial charge in [-0.1, -0.05) is 50.0 Å². The van der Waals surface area contributed by atoms with Crippen LogP contribution in [0.4, 0.5) is 0 Å². The van der Waals surface area contributed by atoms with Crippen LogP contribution in [0.25, 0.3) is 0 Å². The monoisotopic (exact) mass is 526 g/mol. The molecule has 0 bridgehead atoms. The Morgan fingerprint density at radius 2 is 1.84 bits per heavy atom. The Labute approximate surface area is 225 Å². The minimum Gasteiger partial charge on any atom is -0.457 e. The maximum atomic E-state index is 13.9. The van der Waals surface area contributed by atoms with Crippen molar-refractivity contribution in [2.24, 2.45) is 16.7 Å². The summed E-state index contributed by atoms with van der Waals surface area (Å²) in [6, 6.07) is 0. The highest BCUT2D eigenvalue weighted by molar-refractivity contribution is 6.01. The van der Waals surface area contributed by atoms with Crippen molar-refractivity contribution in [3.05, 3.63) is 34.9 Å². The van der Waals surface area contributed by atoms with Crippen molar-refractivity contribution < 1.29 is 33.8 Å². The number of esters is 2. The Kier molecular flexibility index (Phi) is 8.17. The average molecular weight is 527 g/mol. The van der Waals surface area contributed by atoms with E-state index in [9.17, 15) is 24.3 Å². The Bertz CT molecular complexity index is 1100. The molecule has 0 spiro atoms. The minimum atomic E-state index is -1.36. The molecule has 0 amide bonds. The molecule has 1 saturated carbocycles. The van der Waals surface area contributed by atoms with E-state index >= 15 is 0 Å². The number of hydrogen-bond donors (Lipinski definition) is 1. The van der Waals surface area contributed by atoms with Crippen LogP contribution in [-0.4, -0.2) is 46.9 Å². The van der Waals surface area contributed by atoms with E-state index in [1.165, 1.54) is 11.1 Å². The Hall–Kier alpha value is -2.54. The second-order valence-electron chi connectivity index (χ2n) is 11.9. The first-order chi connectivity index (χ1) is 18.0. The first kappa shape index (κ1) is 28.5. The van der Waals surface area contributed by atoms with Gasteiger partial charge in [-0.3, -0.25) is 19.2 Å². The first-order valence-electron chi connectivity index (χ1n) is 14.3. The number of fused-ring (bicyclic) bond motifs is 4. The molecule has 1 fully saturated rings. The van der Waals surface area contributed by atoms with Gasteiger partial charge in [0.2, 0.25) is 5.78 Å². The van der Waals surface area contributed by atoms with Crippen LogP contribution in [0.5, 0.6) is 0 Å². The molecule has 0 aliphatic heterocycles. The van der Waals surface area contributed by atoms with Gasteiger partial charge in [0.25, 0.3) is 0 Å². The van der Waals surface area contributed by atoms with Crippen molar-refractivity contribution in [2.45, 2.75) is 110 Å². The van der Waals surface area contributed by atoms with Crippen LogP contribution in [0.3, 0.4) is 0 Å². The van der Waals surface area contributed by atoms with Gasteiger partial charge in [-0.15, -0.1) is 0 Å². The van der Waals surface area contributed by atoms with Crippen LogP contribution in [0.2, 0.25) is 0 Å². The van der Waals surface area contributed by atoms with Crippen molar-refractivity contribution in [3.63, 3.8) is 0 Å². The van der Waals surface area contributed by atoms with Gasteiger partial charge < -0.3 is 14.6 Å². The molecule has 208 valence electrons. The molecule has 38 heavy (non-hydrogen) atoms. The van der Waals surface area contributed by atoms with Gasteiger partial charge in [0, 0.05) is 17.3 Å². The van der Waals surface area contributed by atoms with Gasteiger partial charge in [-0.05, 0) is 76.4 Å². The first-order valence-corrected chi connectivity index (χ1v) is 14.3. The normalized spacial score (nSPS) is 32.6. The number of carbonyl (C=O) groups excluding carboxylic acids is 4. The molecular formula is C31H42O7. The van der Waals surface area contributed by atoms with Crippen molar-refractivity contribution in [2.75, 3.05) is 6.61 Å². The standard InChI is InChI=1S/C31H42O7/c1-5-7-21(32)18-28(36)37-19-26(34)31(38-27(35)8-6-2)16-13-25-23-10-9-20-17-22(33)11-14-29(20,3)24(23)12-15-30(25,31)4/h11,14,17,21,25,32H,5-10,12-13,15-16,18-19H2,1-4H3/t21?,25-,29-,30-,31-/m0/s1. The average Bonchev–Trinajstić information content (AvgIpc) is 3.16. The van der Waals surface area contributed by atoms with Crippen molar-refractivity contribution >= 4 is 23.5 Å². The summed E-state index contributed by atoms with van der Waals surface area (Å²) in [6.45, 7) is 7.59. The molecule has 0 saturated heterocycles. The lowest BCUT2D eigenvalue weighted by molar-refractivity contribution is -0.185. The summed E-state index contributed by atoms with van der Waals surface area (Å²) in [7, 11) is 0. The Balaban J connectivity index is 1.63. The summed E-state index contributed by atoms with van der Waals surface area (Å²) in [6.07, 6.45) is 10.7. The number of ether oxygens (including phenoxy) is 2. The summed E-state index contributed by atoms with van der Waals surface area (Å²) in [4.78, 5) is 51.1. The third kappa shape index (κ3) is 4.83. The Morgan fingerprint density at radius 1 is 1.08 bits per heavy atom. The third-order valence-corrected chi connectivity index (χ3v) is 9.62. The number of hydrogen-bond acceptors (Lipinski definition) is 7. The predicted molar refractivity (Wildman–Crippen MR) is 142 cm³/mol. The van der Waals surface area contributed by atoms with Gasteiger partial charge in [0.15, 0.2) is 18.0 Å². The fourth-order valence-electron chi connectivity index (χ4n) is 7.54. The molecule has 7 nitrogen and oxygen atoms in total. The number of ketones is 2. The highest BCUT2D eigenvalue weighted by Crippen LogP contribution is 2.65. The Morgan fingerprint density at radius 3 is 2.55 bits per heavy atom. The molecule has 7 heteroatoms. The molecule has 0 radical (unpaired) electrons. The zero-order valence-electron chi connectivity index (χ0n) is 23.3. The molecule has 4 aliphatic carbocycles. The highest BCUT2D eigenvalue weighted by atomic mass is 16.6. The number of aliphatic hydroxyl groups excluding tert-OH is 1. The highest BCUT2D eigenvalue weighted by Gasteiger charge is 2.66. The molecule has 0 aromatic carbocycles. The number of Topliss-reactive ketones (excluding diaryl/α,β-unsaturated/α-hetero) is 1. The van der Waals surface area contributed by atoms with E-state index in [-0.39, 0.29) is 35.7 Å². The van der Waals surface area contributed by atoms with Gasteiger partial charge in [-0.25, -0.2) is 0 Å². The molecule has 4 aliphatic rings. The second-order valence-corrected chi connectivity index (χ2v) is 11.9. The molecule has 0 aromatic rings. The second kappa shape index (κ2) is 10.9. The summed E-state index contributed by atoms with van der Waals surface area (Å²) in [5.41, 5.74) is 1.55. The van der Waals surface area contributed by atoms with Gasteiger partial charge in [0.1, 0.15) is 0 Å². The molecule has 1 unspecified atom stereocenters. The number of allylic oxidation sites excluding steroid dienone is 6. The van der Waals surface area contributed by atoms with Gasteiger partial charge in [-0.2, -0.15) is 0 Å². The zero-order valence-corrected chi connectivity index (χ0v) is 23.3. The SMILES string of the molecule is CCCC(=O)O[C@]1(C(=O)COC(=O)CC(O)CCC)CC[C@H]2C3=C(CC[C@@]21C)[C@@]1(C)C=CC(=O)C=C1CC3. The van der Waals surface area contributed by atoms with E-state index in [0.717, 1.165) is 31.3 Å². The minimum absolute atomic E-state index is 0.0345.